The molecule has 3 aromatic carbocycles. The molecule has 3 atom stereocenters. The van der Waals surface area contributed by atoms with E-state index < -0.39 is 23.8 Å². The number of aryl methyl sites for hydroxylation is 1. The number of anilines is 1. The molecule has 0 aliphatic carbocycles. The molecule has 7 nitrogen and oxygen atoms in total. The van der Waals surface area contributed by atoms with E-state index in [1.54, 1.807) is 25.7 Å². The molecule has 3 unspecified atom stereocenters. The predicted octanol–water partition coefficient (Wildman–Crippen LogP) is 6.87. The first-order valence-corrected chi connectivity index (χ1v) is 14.2. The van der Waals surface area contributed by atoms with E-state index in [2.05, 4.69) is 17.6 Å². The first kappa shape index (κ1) is 30.7. The molecule has 0 saturated carbocycles. The molecule has 0 fully saturated rings. The molecular weight excluding hydrogens is 502 g/mol. The lowest BCUT2D eigenvalue weighted by Gasteiger charge is -2.35. The van der Waals surface area contributed by atoms with Crippen LogP contribution in [0.15, 0.2) is 66.7 Å². The van der Waals surface area contributed by atoms with Gasteiger partial charge in [-0.25, -0.2) is 4.79 Å². The minimum absolute atomic E-state index is 0.180. The zero-order chi connectivity index (χ0) is 29.4. The summed E-state index contributed by atoms with van der Waals surface area (Å²) in [4.78, 5) is 42.3. The van der Waals surface area contributed by atoms with Crippen molar-refractivity contribution in [2.75, 3.05) is 11.9 Å². The number of fused-ring (bicyclic) bond motifs is 1. The van der Waals surface area contributed by atoms with Gasteiger partial charge in [0.1, 0.15) is 17.7 Å². The molecule has 3 aromatic rings. The number of ether oxygens (including phenoxy) is 1. The van der Waals surface area contributed by atoms with E-state index in [0.717, 1.165) is 22.8 Å². The smallest absolute Gasteiger partial charge is 0.408 e. The third kappa shape index (κ3) is 7.84. The Kier molecular flexibility index (Phi) is 10.3. The monoisotopic (exact) mass is 545 g/mol. The van der Waals surface area contributed by atoms with Crippen LogP contribution in [0.5, 0.6) is 0 Å². The lowest BCUT2D eigenvalue weighted by molar-refractivity contribution is -0.141. The van der Waals surface area contributed by atoms with Crippen molar-refractivity contribution in [3.05, 3.63) is 77.9 Å². The first-order valence-electron chi connectivity index (χ1n) is 14.2. The number of rotatable bonds is 10. The average molecular weight is 546 g/mol. The average Bonchev–Trinajstić information content (AvgIpc) is 2.92. The van der Waals surface area contributed by atoms with Crippen LogP contribution in [-0.4, -0.2) is 41.0 Å². The van der Waals surface area contributed by atoms with E-state index in [9.17, 15) is 14.4 Å². The third-order valence-electron chi connectivity index (χ3n) is 7.06. The van der Waals surface area contributed by atoms with Crippen molar-refractivity contribution in [1.29, 1.82) is 0 Å². The second-order valence-corrected chi connectivity index (χ2v) is 11.2. The zero-order valence-electron chi connectivity index (χ0n) is 24.8. The standard InChI is InChI=1S/C33H43N3O4/c1-8-22(4)28(35-32(39)40-33(5,6)7)31(38)36(10-3)29(25-17-15-23(9-2)16-18-25)30(37)34-27-20-19-24-13-11-12-14-26(24)21-27/h11-22,28-29H,8-10H2,1-7H3,(H,34,37)(H,35,39). The summed E-state index contributed by atoms with van der Waals surface area (Å²) in [7, 11) is 0. The molecule has 3 amide bonds. The molecule has 0 aromatic heterocycles. The minimum Gasteiger partial charge on any atom is -0.444 e. The number of nitrogens with one attached hydrogen (secondary N) is 2. The van der Waals surface area contributed by atoms with Gasteiger partial charge in [-0.1, -0.05) is 81.8 Å². The molecular formula is C33H43N3O4. The van der Waals surface area contributed by atoms with E-state index in [-0.39, 0.29) is 24.3 Å². The van der Waals surface area contributed by atoms with E-state index >= 15 is 0 Å². The summed E-state index contributed by atoms with van der Waals surface area (Å²) in [6.45, 7) is 13.4. The van der Waals surface area contributed by atoms with Crippen molar-refractivity contribution in [2.24, 2.45) is 5.92 Å². The van der Waals surface area contributed by atoms with Crippen LogP contribution in [-0.2, 0) is 20.7 Å². The summed E-state index contributed by atoms with van der Waals surface area (Å²) in [5.41, 5.74) is 1.77. The van der Waals surface area contributed by atoms with Crippen LogP contribution in [0.25, 0.3) is 10.8 Å². The topological polar surface area (TPSA) is 87.7 Å². The Morgan fingerprint density at radius 3 is 2.12 bits per heavy atom. The summed E-state index contributed by atoms with van der Waals surface area (Å²) in [6.07, 6.45) is 0.857. The van der Waals surface area contributed by atoms with Crippen molar-refractivity contribution < 1.29 is 19.1 Å². The SMILES string of the molecule is CCc1ccc(C(C(=O)Nc2ccc3ccccc3c2)N(CC)C(=O)C(NC(=O)OC(C)(C)C)C(C)CC)cc1. The van der Waals surface area contributed by atoms with Crippen LogP contribution in [0.2, 0.25) is 0 Å². The summed E-state index contributed by atoms with van der Waals surface area (Å²) < 4.78 is 5.46. The predicted molar refractivity (Wildman–Crippen MR) is 161 cm³/mol. The minimum atomic E-state index is -0.901. The van der Waals surface area contributed by atoms with Gasteiger partial charge in [0.2, 0.25) is 5.91 Å². The molecule has 0 aliphatic rings. The fraction of sp³-hybridized carbons (Fsp3) is 0.424. The Morgan fingerprint density at radius 2 is 1.55 bits per heavy atom. The summed E-state index contributed by atoms with van der Waals surface area (Å²) in [6, 6.07) is 19.7. The number of amides is 3. The van der Waals surface area contributed by atoms with Gasteiger partial charge < -0.3 is 20.3 Å². The van der Waals surface area contributed by atoms with Crippen LogP contribution in [0.3, 0.4) is 0 Å². The van der Waals surface area contributed by atoms with Crippen molar-refractivity contribution in [1.82, 2.24) is 10.2 Å². The molecule has 40 heavy (non-hydrogen) atoms. The van der Waals surface area contributed by atoms with Crippen LogP contribution in [0.1, 0.15) is 72.1 Å². The molecule has 7 heteroatoms. The maximum absolute atomic E-state index is 14.1. The summed E-state index contributed by atoms with van der Waals surface area (Å²) in [5.74, 6) is -0.837. The van der Waals surface area contributed by atoms with Gasteiger partial charge in [0.05, 0.1) is 0 Å². The quantitative estimate of drug-likeness (QED) is 0.291. The number of carbonyl (C=O) groups is 3. The Labute approximate surface area is 238 Å². The van der Waals surface area contributed by atoms with E-state index in [1.165, 1.54) is 0 Å². The zero-order valence-corrected chi connectivity index (χ0v) is 24.8. The van der Waals surface area contributed by atoms with Gasteiger partial charge in [0.15, 0.2) is 0 Å². The molecule has 0 heterocycles. The fourth-order valence-electron chi connectivity index (χ4n) is 4.65. The molecule has 0 radical (unpaired) electrons. The number of benzene rings is 3. The highest BCUT2D eigenvalue weighted by Gasteiger charge is 2.37. The second-order valence-electron chi connectivity index (χ2n) is 11.2. The highest BCUT2D eigenvalue weighted by atomic mass is 16.6. The van der Waals surface area contributed by atoms with Crippen molar-refractivity contribution in [3.8, 4) is 0 Å². The molecule has 0 saturated heterocycles. The van der Waals surface area contributed by atoms with Crippen LogP contribution >= 0.6 is 0 Å². The van der Waals surface area contributed by atoms with Crippen molar-refractivity contribution in [2.45, 2.75) is 79.0 Å². The number of alkyl carbamates (subject to hydrolysis) is 1. The van der Waals surface area contributed by atoms with Gasteiger partial charge in [-0.2, -0.15) is 0 Å². The van der Waals surface area contributed by atoms with E-state index in [4.69, 9.17) is 4.74 Å². The van der Waals surface area contributed by atoms with Gasteiger partial charge in [-0.05, 0) is 74.1 Å². The Morgan fingerprint density at radius 1 is 0.900 bits per heavy atom. The maximum Gasteiger partial charge on any atom is 0.408 e. The molecule has 214 valence electrons. The Hall–Kier alpha value is -3.87. The highest BCUT2D eigenvalue weighted by molar-refractivity contribution is 6.00. The maximum atomic E-state index is 14.1. The fourth-order valence-corrected chi connectivity index (χ4v) is 4.65. The molecule has 0 bridgehead atoms. The molecule has 0 aliphatic heterocycles. The number of hydrogen-bond acceptors (Lipinski definition) is 4. The van der Waals surface area contributed by atoms with Gasteiger partial charge in [0.25, 0.3) is 5.91 Å². The van der Waals surface area contributed by atoms with Gasteiger partial charge in [-0.3, -0.25) is 9.59 Å². The van der Waals surface area contributed by atoms with E-state index in [0.29, 0.717) is 17.7 Å². The van der Waals surface area contributed by atoms with Crippen molar-refractivity contribution in [3.63, 3.8) is 0 Å². The normalized spacial score (nSPS) is 13.7. The number of nitrogens with zero attached hydrogens (tertiary/aromatic N) is 1. The largest absolute Gasteiger partial charge is 0.444 e. The molecule has 0 spiro atoms. The van der Waals surface area contributed by atoms with Gasteiger partial charge >= 0.3 is 6.09 Å². The Bertz CT molecular complexity index is 1310. The summed E-state index contributed by atoms with van der Waals surface area (Å²) in [5, 5.41) is 7.91. The highest BCUT2D eigenvalue weighted by Crippen LogP contribution is 2.27. The van der Waals surface area contributed by atoms with Crippen LogP contribution in [0, 0.1) is 5.92 Å². The van der Waals surface area contributed by atoms with Crippen LogP contribution < -0.4 is 10.6 Å². The van der Waals surface area contributed by atoms with Crippen LogP contribution in [0.4, 0.5) is 10.5 Å². The molecule has 3 rings (SSSR count). The van der Waals surface area contributed by atoms with Gasteiger partial charge in [0, 0.05) is 12.2 Å². The lowest BCUT2D eigenvalue weighted by atomic mass is 9.95. The lowest BCUT2D eigenvalue weighted by Crippen LogP contribution is -2.54. The van der Waals surface area contributed by atoms with E-state index in [1.807, 2.05) is 87.5 Å². The second kappa shape index (κ2) is 13.5. The number of carbonyl (C=O) groups excluding carboxylic acids is 3. The number of hydrogen-bond donors (Lipinski definition) is 2. The first-order chi connectivity index (χ1) is 19.0. The Balaban J connectivity index is 1.98. The summed E-state index contributed by atoms with van der Waals surface area (Å²) >= 11 is 0. The third-order valence-corrected chi connectivity index (χ3v) is 7.06. The number of likely N-dealkylation sites (N-methyl/N-ethyl adjacent to an activating group) is 1. The molecule has 2 N–H and O–H groups in total. The van der Waals surface area contributed by atoms with Gasteiger partial charge in [-0.15, -0.1) is 0 Å². The van der Waals surface area contributed by atoms with Crippen molar-refractivity contribution >= 4 is 34.4 Å².